The minimum absolute atomic E-state index is 0.0916. The molecule has 2 aliphatic carbocycles. The molecule has 0 heterocycles. The van der Waals surface area contributed by atoms with Gasteiger partial charge in [-0.05, 0) is 86.7 Å². The number of phenols is 3. The van der Waals surface area contributed by atoms with Gasteiger partial charge in [-0.25, -0.2) is 0 Å². The summed E-state index contributed by atoms with van der Waals surface area (Å²) in [5.41, 5.74) is 2.43. The van der Waals surface area contributed by atoms with E-state index in [1.807, 2.05) is 0 Å². The van der Waals surface area contributed by atoms with E-state index in [0.29, 0.717) is 22.8 Å². The van der Waals surface area contributed by atoms with E-state index in [2.05, 4.69) is 13.8 Å². The highest BCUT2D eigenvalue weighted by Crippen LogP contribution is 2.50. The molecular formula is C22H34O3. The van der Waals surface area contributed by atoms with Gasteiger partial charge in [0.15, 0.2) is 11.5 Å². The number of benzene rings is 1. The summed E-state index contributed by atoms with van der Waals surface area (Å²) >= 11 is 0. The van der Waals surface area contributed by atoms with E-state index < -0.39 is 0 Å². The number of rotatable bonds is 10. The zero-order chi connectivity index (χ0) is 18.1. The third-order valence-corrected chi connectivity index (χ3v) is 6.57. The largest absolute Gasteiger partial charge is 0.507 e. The molecule has 0 saturated heterocycles. The molecule has 25 heavy (non-hydrogen) atoms. The third-order valence-electron chi connectivity index (χ3n) is 6.57. The van der Waals surface area contributed by atoms with Crippen LogP contribution in [0.4, 0.5) is 0 Å². The van der Waals surface area contributed by atoms with Gasteiger partial charge >= 0.3 is 0 Å². The molecule has 1 aromatic carbocycles. The van der Waals surface area contributed by atoms with Crippen molar-refractivity contribution >= 4 is 0 Å². The van der Waals surface area contributed by atoms with Crippen LogP contribution in [0.25, 0.3) is 0 Å². The number of hydrogen-bond acceptors (Lipinski definition) is 3. The Bertz CT molecular complexity index is 612. The second-order valence-corrected chi connectivity index (χ2v) is 9.27. The Hall–Kier alpha value is -1.38. The van der Waals surface area contributed by atoms with E-state index in [9.17, 15) is 15.3 Å². The van der Waals surface area contributed by atoms with Gasteiger partial charge in [-0.1, -0.05) is 26.7 Å². The van der Waals surface area contributed by atoms with E-state index in [-0.39, 0.29) is 17.2 Å². The molecule has 2 fully saturated rings. The summed E-state index contributed by atoms with van der Waals surface area (Å²) in [5, 5.41) is 30.8. The van der Waals surface area contributed by atoms with Crippen LogP contribution in [-0.4, -0.2) is 15.3 Å². The fraction of sp³-hybridized carbons (Fsp3) is 0.727. The van der Waals surface area contributed by atoms with Crippen molar-refractivity contribution in [3.63, 3.8) is 0 Å². The van der Waals surface area contributed by atoms with Crippen molar-refractivity contribution in [2.24, 2.45) is 10.8 Å². The standard InChI is InChI=1S/C22H34O3/c1-21(11-12-21)9-5-3-7-16-15-18(23)20(25)17(19(16)24)8-4-6-10-22(2)13-14-22/h15,23-25H,3-14H2,1-2H3. The van der Waals surface area contributed by atoms with E-state index in [1.165, 1.54) is 44.6 Å². The summed E-state index contributed by atoms with van der Waals surface area (Å²) in [6, 6.07) is 1.54. The lowest BCUT2D eigenvalue weighted by molar-refractivity contribution is 0.384. The zero-order valence-electron chi connectivity index (χ0n) is 15.9. The summed E-state index contributed by atoms with van der Waals surface area (Å²) < 4.78 is 0. The topological polar surface area (TPSA) is 60.7 Å². The van der Waals surface area contributed by atoms with Gasteiger partial charge in [0.25, 0.3) is 0 Å². The van der Waals surface area contributed by atoms with Crippen LogP contribution in [0.1, 0.15) is 89.2 Å². The number of aromatic hydroxyl groups is 3. The molecule has 3 rings (SSSR count). The lowest BCUT2D eigenvalue weighted by Gasteiger charge is -2.14. The van der Waals surface area contributed by atoms with Crippen LogP contribution in [0.15, 0.2) is 6.07 Å². The number of unbranched alkanes of at least 4 members (excludes halogenated alkanes) is 2. The Labute approximate surface area is 152 Å². The summed E-state index contributed by atoms with van der Waals surface area (Å²) in [5.74, 6) is -0.0268. The second-order valence-electron chi connectivity index (χ2n) is 9.27. The highest BCUT2D eigenvalue weighted by atomic mass is 16.3. The van der Waals surface area contributed by atoms with Crippen LogP contribution >= 0.6 is 0 Å². The maximum absolute atomic E-state index is 10.6. The van der Waals surface area contributed by atoms with Gasteiger partial charge < -0.3 is 15.3 Å². The number of hydrogen-bond donors (Lipinski definition) is 3. The molecular weight excluding hydrogens is 312 g/mol. The zero-order valence-corrected chi connectivity index (χ0v) is 15.9. The first-order chi connectivity index (χ1) is 11.8. The second kappa shape index (κ2) is 7.09. The van der Waals surface area contributed by atoms with Gasteiger partial charge in [-0.15, -0.1) is 0 Å². The van der Waals surface area contributed by atoms with Gasteiger partial charge in [0, 0.05) is 5.56 Å². The Morgan fingerprint density at radius 2 is 1.28 bits per heavy atom. The van der Waals surface area contributed by atoms with E-state index >= 15 is 0 Å². The minimum atomic E-state index is -0.135. The van der Waals surface area contributed by atoms with Crippen molar-refractivity contribution in [1.29, 1.82) is 0 Å². The van der Waals surface area contributed by atoms with Crippen LogP contribution in [0, 0.1) is 10.8 Å². The first-order valence-corrected chi connectivity index (χ1v) is 10.1. The summed E-state index contributed by atoms with van der Waals surface area (Å²) in [4.78, 5) is 0. The smallest absolute Gasteiger partial charge is 0.164 e. The highest BCUT2D eigenvalue weighted by molar-refractivity contribution is 5.56. The molecule has 0 amide bonds. The number of phenolic OH excluding ortho intramolecular Hbond substituents is 3. The SMILES string of the molecule is CC1(CCCCc2cc(O)c(O)c(CCCCC3(C)CC3)c2O)CC1. The Balaban J connectivity index is 1.53. The lowest BCUT2D eigenvalue weighted by atomic mass is 9.94. The summed E-state index contributed by atoms with van der Waals surface area (Å²) in [7, 11) is 0. The normalized spacial score (nSPS) is 19.8. The maximum atomic E-state index is 10.6. The van der Waals surface area contributed by atoms with Crippen LogP contribution in [0.5, 0.6) is 17.2 Å². The average Bonchev–Trinajstić information content (AvgIpc) is 3.48. The Morgan fingerprint density at radius 3 is 1.80 bits per heavy atom. The third kappa shape index (κ3) is 4.83. The summed E-state index contributed by atoms with van der Waals surface area (Å²) in [6.45, 7) is 4.67. The average molecular weight is 347 g/mol. The minimum Gasteiger partial charge on any atom is -0.507 e. The van der Waals surface area contributed by atoms with Gasteiger partial charge in [-0.3, -0.25) is 0 Å². The fourth-order valence-electron chi connectivity index (χ4n) is 3.84. The molecule has 140 valence electrons. The van der Waals surface area contributed by atoms with Crippen LogP contribution in [0.2, 0.25) is 0 Å². The molecule has 3 nitrogen and oxygen atoms in total. The van der Waals surface area contributed by atoms with Crippen molar-refractivity contribution in [3.8, 4) is 17.2 Å². The first kappa shape index (κ1) is 18.4. The lowest BCUT2D eigenvalue weighted by Crippen LogP contribution is -1.97. The maximum Gasteiger partial charge on any atom is 0.164 e. The predicted octanol–water partition coefficient (Wildman–Crippen LogP) is 5.83. The number of aryl methyl sites for hydroxylation is 1. The predicted molar refractivity (Wildman–Crippen MR) is 101 cm³/mol. The molecule has 2 aliphatic rings. The van der Waals surface area contributed by atoms with Crippen molar-refractivity contribution in [2.75, 3.05) is 0 Å². The molecule has 0 bridgehead atoms. The molecule has 2 saturated carbocycles. The van der Waals surface area contributed by atoms with Gasteiger partial charge in [0.05, 0.1) is 0 Å². The Kier molecular flexibility index (Phi) is 5.22. The van der Waals surface area contributed by atoms with Crippen LogP contribution < -0.4 is 0 Å². The highest BCUT2D eigenvalue weighted by Gasteiger charge is 2.36. The molecule has 0 atom stereocenters. The van der Waals surface area contributed by atoms with Gasteiger partial charge in [0.2, 0.25) is 0 Å². The molecule has 0 unspecified atom stereocenters. The monoisotopic (exact) mass is 346 g/mol. The molecule has 0 aromatic heterocycles. The van der Waals surface area contributed by atoms with Crippen LogP contribution in [0.3, 0.4) is 0 Å². The van der Waals surface area contributed by atoms with E-state index in [0.717, 1.165) is 37.7 Å². The molecule has 0 radical (unpaired) electrons. The first-order valence-electron chi connectivity index (χ1n) is 10.1. The fourth-order valence-corrected chi connectivity index (χ4v) is 3.84. The van der Waals surface area contributed by atoms with Gasteiger partial charge in [-0.2, -0.15) is 0 Å². The molecule has 0 aliphatic heterocycles. The molecule has 3 heteroatoms. The van der Waals surface area contributed by atoms with Crippen molar-refractivity contribution in [3.05, 3.63) is 17.2 Å². The van der Waals surface area contributed by atoms with Crippen molar-refractivity contribution in [1.82, 2.24) is 0 Å². The summed E-state index contributed by atoms with van der Waals surface area (Å²) in [6.07, 6.45) is 13.5. The Morgan fingerprint density at radius 1 is 0.760 bits per heavy atom. The molecule has 0 spiro atoms. The van der Waals surface area contributed by atoms with Crippen molar-refractivity contribution in [2.45, 2.75) is 90.9 Å². The van der Waals surface area contributed by atoms with E-state index in [1.54, 1.807) is 0 Å². The quantitative estimate of drug-likeness (QED) is 0.284. The van der Waals surface area contributed by atoms with E-state index in [4.69, 9.17) is 0 Å². The molecule has 3 N–H and O–H groups in total. The molecule has 1 aromatic rings. The van der Waals surface area contributed by atoms with Crippen molar-refractivity contribution < 1.29 is 15.3 Å². The van der Waals surface area contributed by atoms with Gasteiger partial charge in [0.1, 0.15) is 5.75 Å². The van der Waals surface area contributed by atoms with Crippen LogP contribution in [-0.2, 0) is 12.8 Å².